The fourth-order valence-corrected chi connectivity index (χ4v) is 1.48. The number of aliphatic imine (C=N–C) groups is 1. The Morgan fingerprint density at radius 3 is 2.50 bits per heavy atom. The van der Waals surface area contributed by atoms with Gasteiger partial charge in [-0.3, -0.25) is 0 Å². The minimum Gasteiger partial charge on any atom is -0.467 e. The lowest BCUT2D eigenvalue weighted by atomic mass is 10.1. The van der Waals surface area contributed by atoms with Crippen molar-refractivity contribution in [2.75, 3.05) is 7.11 Å². The molecule has 0 amide bonds. The van der Waals surface area contributed by atoms with Crippen LogP contribution in [0.2, 0.25) is 0 Å². The van der Waals surface area contributed by atoms with Crippen LogP contribution in [0.4, 0.5) is 5.95 Å². The van der Waals surface area contributed by atoms with E-state index in [0.717, 1.165) is 11.3 Å². The average molecular weight is 242 g/mol. The summed E-state index contributed by atoms with van der Waals surface area (Å²) < 4.78 is 4.99. The molecule has 0 aliphatic carbocycles. The molecule has 0 bridgehead atoms. The number of hydrogen-bond donors (Lipinski definition) is 0. The van der Waals surface area contributed by atoms with Crippen LogP contribution in [0.3, 0.4) is 0 Å². The van der Waals surface area contributed by atoms with Gasteiger partial charge in [0.05, 0.1) is 7.11 Å². The summed E-state index contributed by atoms with van der Waals surface area (Å²) in [7, 11) is 1.52. The Kier molecular flexibility index (Phi) is 3.62. The fourth-order valence-electron chi connectivity index (χ4n) is 1.48. The lowest BCUT2D eigenvalue weighted by Gasteiger charge is -2.02. The van der Waals surface area contributed by atoms with E-state index in [2.05, 4.69) is 19.9 Å². The van der Waals surface area contributed by atoms with Gasteiger partial charge in [-0.15, -0.1) is 0 Å². The summed E-state index contributed by atoms with van der Waals surface area (Å²) in [4.78, 5) is 16.6. The van der Waals surface area contributed by atoms with Gasteiger partial charge in [0.25, 0.3) is 5.95 Å². The van der Waals surface area contributed by atoms with Gasteiger partial charge < -0.3 is 4.74 Å². The van der Waals surface area contributed by atoms with E-state index in [1.54, 1.807) is 6.92 Å². The Hall–Kier alpha value is -2.30. The average Bonchev–Trinajstić information content (AvgIpc) is 2.39. The second-order valence-electron chi connectivity index (χ2n) is 3.73. The molecule has 2 aromatic rings. The Morgan fingerprint density at radius 2 is 1.83 bits per heavy atom. The van der Waals surface area contributed by atoms with Crippen molar-refractivity contribution in [1.29, 1.82) is 0 Å². The van der Waals surface area contributed by atoms with E-state index in [9.17, 15) is 0 Å². The van der Waals surface area contributed by atoms with Gasteiger partial charge in [-0.25, -0.2) is 4.99 Å². The number of ether oxygens (including phenoxy) is 1. The van der Waals surface area contributed by atoms with Crippen LogP contribution in [0.5, 0.6) is 6.01 Å². The summed E-state index contributed by atoms with van der Waals surface area (Å²) in [6, 6.07) is 10.2. The Bertz CT molecular complexity index is 566. The molecule has 0 saturated carbocycles. The summed E-state index contributed by atoms with van der Waals surface area (Å²) in [5.74, 6) is 0.946. The van der Waals surface area contributed by atoms with Gasteiger partial charge in [0, 0.05) is 5.71 Å². The first-order chi connectivity index (χ1) is 8.69. The van der Waals surface area contributed by atoms with E-state index in [0.29, 0.717) is 11.8 Å². The van der Waals surface area contributed by atoms with Crippen molar-refractivity contribution in [3.63, 3.8) is 0 Å². The number of methoxy groups -OCH3 is 1. The molecule has 18 heavy (non-hydrogen) atoms. The standard InChI is InChI=1S/C13H14N4O/c1-9(11-7-5-4-6-8-11)14-12-15-10(2)16-13(17-12)18-3/h4-8H,1-3H3. The van der Waals surface area contributed by atoms with Gasteiger partial charge in [0.1, 0.15) is 5.82 Å². The molecule has 0 spiro atoms. The Labute approximate surface area is 106 Å². The maximum Gasteiger partial charge on any atom is 0.321 e. The number of rotatable bonds is 3. The second-order valence-corrected chi connectivity index (χ2v) is 3.73. The van der Waals surface area contributed by atoms with Crippen molar-refractivity contribution in [3.8, 4) is 6.01 Å². The quantitative estimate of drug-likeness (QED) is 0.775. The van der Waals surface area contributed by atoms with Crippen LogP contribution in [0.1, 0.15) is 18.3 Å². The molecule has 92 valence electrons. The van der Waals surface area contributed by atoms with Crippen molar-refractivity contribution in [3.05, 3.63) is 41.7 Å². The van der Waals surface area contributed by atoms with Crippen LogP contribution in [0.15, 0.2) is 35.3 Å². The first-order valence-electron chi connectivity index (χ1n) is 5.56. The van der Waals surface area contributed by atoms with Crippen molar-refractivity contribution in [1.82, 2.24) is 15.0 Å². The van der Waals surface area contributed by atoms with Gasteiger partial charge in [-0.1, -0.05) is 30.3 Å². The van der Waals surface area contributed by atoms with E-state index in [-0.39, 0.29) is 6.01 Å². The highest BCUT2D eigenvalue weighted by Gasteiger charge is 2.04. The Morgan fingerprint density at radius 1 is 1.11 bits per heavy atom. The van der Waals surface area contributed by atoms with Crippen LogP contribution in [-0.2, 0) is 0 Å². The first kappa shape index (κ1) is 12.2. The monoisotopic (exact) mass is 242 g/mol. The normalized spacial score (nSPS) is 11.4. The van der Waals surface area contributed by atoms with Gasteiger partial charge in [0.2, 0.25) is 0 Å². The van der Waals surface area contributed by atoms with Crippen LogP contribution >= 0.6 is 0 Å². The molecule has 0 atom stereocenters. The van der Waals surface area contributed by atoms with Crippen LogP contribution < -0.4 is 4.74 Å². The molecule has 0 aliphatic rings. The van der Waals surface area contributed by atoms with E-state index in [4.69, 9.17) is 4.74 Å². The lowest BCUT2D eigenvalue weighted by molar-refractivity contribution is 0.377. The van der Waals surface area contributed by atoms with Gasteiger partial charge in [-0.2, -0.15) is 15.0 Å². The summed E-state index contributed by atoms with van der Waals surface area (Å²) in [5.41, 5.74) is 1.89. The number of benzene rings is 1. The zero-order valence-corrected chi connectivity index (χ0v) is 10.6. The summed E-state index contributed by atoms with van der Waals surface area (Å²) >= 11 is 0. The molecule has 2 rings (SSSR count). The smallest absolute Gasteiger partial charge is 0.321 e. The first-order valence-corrected chi connectivity index (χ1v) is 5.56. The number of aromatic nitrogens is 3. The molecule has 5 heteroatoms. The van der Waals surface area contributed by atoms with Crippen molar-refractivity contribution >= 4 is 11.7 Å². The molecule has 1 aromatic heterocycles. The number of aryl methyl sites for hydroxylation is 1. The molecule has 1 heterocycles. The SMILES string of the molecule is COc1nc(C)nc(N=C(C)c2ccccc2)n1. The lowest BCUT2D eigenvalue weighted by Crippen LogP contribution is -1.99. The summed E-state index contributed by atoms with van der Waals surface area (Å²) in [5, 5.41) is 0. The molecule has 0 fully saturated rings. The van der Waals surface area contributed by atoms with E-state index in [1.807, 2.05) is 37.3 Å². The fraction of sp³-hybridized carbons (Fsp3) is 0.231. The van der Waals surface area contributed by atoms with Gasteiger partial charge in [-0.05, 0) is 19.4 Å². The zero-order chi connectivity index (χ0) is 13.0. The molecule has 0 aliphatic heterocycles. The summed E-state index contributed by atoms with van der Waals surface area (Å²) in [6.07, 6.45) is 0. The summed E-state index contributed by atoms with van der Waals surface area (Å²) in [6.45, 7) is 3.70. The zero-order valence-electron chi connectivity index (χ0n) is 10.6. The van der Waals surface area contributed by atoms with E-state index >= 15 is 0 Å². The molecule has 1 aromatic carbocycles. The highest BCUT2D eigenvalue weighted by Crippen LogP contribution is 2.12. The van der Waals surface area contributed by atoms with E-state index in [1.165, 1.54) is 7.11 Å². The molecular weight excluding hydrogens is 228 g/mol. The Balaban J connectivity index is 2.35. The predicted octanol–water partition coefficient (Wildman–Crippen LogP) is 2.33. The largest absolute Gasteiger partial charge is 0.467 e. The number of hydrogen-bond acceptors (Lipinski definition) is 5. The van der Waals surface area contributed by atoms with E-state index < -0.39 is 0 Å². The molecule has 0 unspecified atom stereocenters. The van der Waals surface area contributed by atoms with Crippen LogP contribution in [0.25, 0.3) is 0 Å². The minimum absolute atomic E-state index is 0.280. The minimum atomic E-state index is 0.280. The van der Waals surface area contributed by atoms with Gasteiger partial charge in [0.15, 0.2) is 0 Å². The number of nitrogens with zero attached hydrogens (tertiary/aromatic N) is 4. The van der Waals surface area contributed by atoms with Crippen molar-refractivity contribution in [2.24, 2.45) is 4.99 Å². The topological polar surface area (TPSA) is 60.3 Å². The maximum absolute atomic E-state index is 4.99. The second kappa shape index (κ2) is 5.35. The molecule has 0 N–H and O–H groups in total. The third-order valence-electron chi connectivity index (χ3n) is 2.36. The maximum atomic E-state index is 4.99. The third-order valence-corrected chi connectivity index (χ3v) is 2.36. The molecular formula is C13H14N4O. The highest BCUT2D eigenvalue weighted by atomic mass is 16.5. The highest BCUT2D eigenvalue weighted by molar-refractivity contribution is 5.99. The predicted molar refractivity (Wildman–Crippen MR) is 69.4 cm³/mol. The van der Waals surface area contributed by atoms with Gasteiger partial charge >= 0.3 is 6.01 Å². The van der Waals surface area contributed by atoms with Crippen molar-refractivity contribution < 1.29 is 4.74 Å². The van der Waals surface area contributed by atoms with Crippen LogP contribution in [0, 0.1) is 6.92 Å². The molecule has 0 radical (unpaired) electrons. The van der Waals surface area contributed by atoms with Crippen molar-refractivity contribution in [2.45, 2.75) is 13.8 Å². The third kappa shape index (κ3) is 2.88. The molecule has 0 saturated heterocycles. The molecule has 5 nitrogen and oxygen atoms in total. The van der Waals surface area contributed by atoms with Crippen LogP contribution in [-0.4, -0.2) is 27.8 Å².